The number of esters is 1. The van der Waals surface area contributed by atoms with Crippen LogP contribution in [0.3, 0.4) is 0 Å². The van der Waals surface area contributed by atoms with Gasteiger partial charge in [-0.1, -0.05) is 11.6 Å². The number of hydrogen-bond acceptors (Lipinski definition) is 4. The van der Waals surface area contributed by atoms with Crippen LogP contribution in [-0.4, -0.2) is 29.5 Å². The van der Waals surface area contributed by atoms with Gasteiger partial charge in [-0.05, 0) is 39.3 Å². The maximum atomic E-state index is 12.0. The van der Waals surface area contributed by atoms with Crippen LogP contribution in [0.1, 0.15) is 35.5 Å². The molecular weight excluding hydrogens is 268 g/mol. The predicted octanol–water partition coefficient (Wildman–Crippen LogP) is 2.03. The molecule has 0 saturated carbocycles. The number of halogens is 1. The number of pyridine rings is 1. The number of aryl methyl sites for hydroxylation is 2. The van der Waals surface area contributed by atoms with Gasteiger partial charge in [0.05, 0.1) is 5.56 Å². The van der Waals surface area contributed by atoms with Crippen LogP contribution in [-0.2, 0) is 9.53 Å². The minimum atomic E-state index is -0.871. The molecule has 1 atom stereocenters. The van der Waals surface area contributed by atoms with Crippen molar-refractivity contribution in [3.8, 4) is 0 Å². The van der Waals surface area contributed by atoms with Crippen molar-refractivity contribution >= 4 is 23.5 Å². The van der Waals surface area contributed by atoms with E-state index in [0.29, 0.717) is 12.1 Å². The van der Waals surface area contributed by atoms with E-state index >= 15 is 0 Å². The van der Waals surface area contributed by atoms with Crippen molar-refractivity contribution in [3.63, 3.8) is 0 Å². The van der Waals surface area contributed by atoms with Gasteiger partial charge in [-0.2, -0.15) is 0 Å². The van der Waals surface area contributed by atoms with E-state index in [1.165, 1.54) is 6.92 Å². The molecule has 104 valence electrons. The molecule has 0 fully saturated rings. The Morgan fingerprint density at radius 3 is 2.63 bits per heavy atom. The van der Waals surface area contributed by atoms with Crippen LogP contribution >= 0.6 is 11.6 Å². The third-order valence-corrected chi connectivity index (χ3v) is 2.78. The Hall–Kier alpha value is -1.62. The molecule has 0 radical (unpaired) electrons. The summed E-state index contributed by atoms with van der Waals surface area (Å²) < 4.78 is 5.08. The summed E-state index contributed by atoms with van der Waals surface area (Å²) in [4.78, 5) is 27.5. The molecule has 6 heteroatoms. The fourth-order valence-electron chi connectivity index (χ4n) is 1.63. The van der Waals surface area contributed by atoms with Crippen molar-refractivity contribution in [2.45, 2.75) is 33.8 Å². The van der Waals surface area contributed by atoms with E-state index < -0.39 is 12.1 Å². The predicted molar refractivity (Wildman–Crippen MR) is 72.3 cm³/mol. The van der Waals surface area contributed by atoms with Gasteiger partial charge in [0.15, 0.2) is 6.10 Å². The molecule has 0 bridgehead atoms. The molecule has 19 heavy (non-hydrogen) atoms. The lowest BCUT2D eigenvalue weighted by Gasteiger charge is -2.14. The van der Waals surface area contributed by atoms with Crippen molar-refractivity contribution in [1.82, 2.24) is 10.3 Å². The van der Waals surface area contributed by atoms with Gasteiger partial charge >= 0.3 is 5.97 Å². The second-order valence-electron chi connectivity index (χ2n) is 4.19. The zero-order valence-electron chi connectivity index (χ0n) is 11.4. The molecule has 1 aromatic heterocycles. The topological polar surface area (TPSA) is 68.3 Å². The first kappa shape index (κ1) is 15.4. The van der Waals surface area contributed by atoms with Crippen LogP contribution in [0.15, 0.2) is 6.07 Å². The van der Waals surface area contributed by atoms with E-state index in [1.54, 1.807) is 26.8 Å². The Morgan fingerprint density at radius 1 is 1.47 bits per heavy atom. The van der Waals surface area contributed by atoms with E-state index in [4.69, 9.17) is 16.3 Å². The number of likely N-dealkylation sites (N-methyl/N-ethyl adjacent to an activating group) is 1. The van der Waals surface area contributed by atoms with Gasteiger partial charge < -0.3 is 10.1 Å². The van der Waals surface area contributed by atoms with Gasteiger partial charge in [-0.25, -0.2) is 9.78 Å². The van der Waals surface area contributed by atoms with Crippen molar-refractivity contribution in [2.24, 2.45) is 0 Å². The SMILES string of the molecule is CCNC(=O)[C@@H](C)OC(=O)c1c(C)cc(C)nc1Cl. The van der Waals surface area contributed by atoms with Crippen LogP contribution in [0, 0.1) is 13.8 Å². The normalized spacial score (nSPS) is 11.8. The smallest absolute Gasteiger partial charge is 0.342 e. The molecule has 0 aromatic carbocycles. The lowest BCUT2D eigenvalue weighted by atomic mass is 10.1. The largest absolute Gasteiger partial charge is 0.449 e. The average molecular weight is 285 g/mol. The molecule has 1 aromatic rings. The molecule has 1 amide bonds. The van der Waals surface area contributed by atoms with Crippen molar-refractivity contribution < 1.29 is 14.3 Å². The number of hydrogen-bond donors (Lipinski definition) is 1. The minimum absolute atomic E-state index is 0.0885. The lowest BCUT2D eigenvalue weighted by Crippen LogP contribution is -2.35. The van der Waals surface area contributed by atoms with Gasteiger partial charge in [0, 0.05) is 12.2 Å². The molecule has 5 nitrogen and oxygen atoms in total. The highest BCUT2D eigenvalue weighted by Crippen LogP contribution is 2.20. The zero-order valence-corrected chi connectivity index (χ0v) is 12.2. The highest BCUT2D eigenvalue weighted by molar-refractivity contribution is 6.32. The molecule has 0 aliphatic rings. The van der Waals surface area contributed by atoms with Gasteiger partial charge in [-0.15, -0.1) is 0 Å². The van der Waals surface area contributed by atoms with Crippen LogP contribution in [0.4, 0.5) is 0 Å². The maximum absolute atomic E-state index is 12.0. The first-order valence-electron chi connectivity index (χ1n) is 5.99. The second-order valence-corrected chi connectivity index (χ2v) is 4.55. The first-order valence-corrected chi connectivity index (χ1v) is 6.37. The van der Waals surface area contributed by atoms with E-state index in [9.17, 15) is 9.59 Å². The quantitative estimate of drug-likeness (QED) is 0.678. The number of carbonyl (C=O) groups is 2. The summed E-state index contributed by atoms with van der Waals surface area (Å²) in [6.45, 7) is 7.30. The van der Waals surface area contributed by atoms with E-state index in [-0.39, 0.29) is 16.6 Å². The monoisotopic (exact) mass is 284 g/mol. The number of nitrogens with zero attached hydrogens (tertiary/aromatic N) is 1. The molecule has 0 saturated heterocycles. The third kappa shape index (κ3) is 3.92. The second kappa shape index (κ2) is 6.52. The van der Waals surface area contributed by atoms with Gasteiger partial charge in [0.1, 0.15) is 5.15 Å². The molecule has 1 heterocycles. The Balaban J connectivity index is 2.87. The van der Waals surface area contributed by atoms with E-state index in [1.807, 2.05) is 0 Å². The summed E-state index contributed by atoms with van der Waals surface area (Å²) in [5, 5.41) is 2.66. The third-order valence-electron chi connectivity index (χ3n) is 2.51. The van der Waals surface area contributed by atoms with Crippen LogP contribution in [0.25, 0.3) is 0 Å². The molecule has 0 spiro atoms. The van der Waals surface area contributed by atoms with Gasteiger partial charge in [0.2, 0.25) is 0 Å². The number of rotatable bonds is 4. The molecule has 0 unspecified atom stereocenters. The fourth-order valence-corrected chi connectivity index (χ4v) is 1.99. The summed E-state index contributed by atoms with van der Waals surface area (Å²) >= 11 is 5.94. The van der Waals surface area contributed by atoms with Gasteiger partial charge in [-0.3, -0.25) is 4.79 Å². The number of nitrogens with one attached hydrogen (secondary N) is 1. The number of ether oxygens (including phenoxy) is 1. The summed E-state index contributed by atoms with van der Waals surface area (Å²) in [5.41, 5.74) is 1.59. The standard InChI is InChI=1S/C13H17ClN2O3/c1-5-15-12(17)9(4)19-13(18)10-7(2)6-8(3)16-11(10)14/h6,9H,5H2,1-4H3,(H,15,17)/t9-/m1/s1. The van der Waals surface area contributed by atoms with Crippen LogP contribution in [0.2, 0.25) is 5.15 Å². The summed E-state index contributed by atoms with van der Waals surface area (Å²) in [5.74, 6) is -0.988. The Bertz CT molecular complexity index is 480. The summed E-state index contributed by atoms with van der Waals surface area (Å²) in [6.07, 6.45) is -0.871. The fraction of sp³-hybridized carbons (Fsp3) is 0.462. The maximum Gasteiger partial charge on any atom is 0.342 e. The van der Waals surface area contributed by atoms with Crippen molar-refractivity contribution in [1.29, 1.82) is 0 Å². The Kier molecular flexibility index (Phi) is 5.30. The number of aromatic nitrogens is 1. The highest BCUT2D eigenvalue weighted by Gasteiger charge is 2.22. The van der Waals surface area contributed by atoms with E-state index in [0.717, 1.165) is 5.69 Å². The number of amides is 1. The average Bonchev–Trinajstić information content (AvgIpc) is 2.27. The minimum Gasteiger partial charge on any atom is -0.449 e. The molecule has 1 N–H and O–H groups in total. The van der Waals surface area contributed by atoms with Gasteiger partial charge in [0.25, 0.3) is 5.91 Å². The number of carbonyl (C=O) groups excluding carboxylic acids is 2. The molecule has 1 rings (SSSR count). The first-order chi connectivity index (χ1) is 8.86. The van der Waals surface area contributed by atoms with Crippen molar-refractivity contribution in [3.05, 3.63) is 28.0 Å². The molecular formula is C13H17ClN2O3. The van der Waals surface area contributed by atoms with Crippen molar-refractivity contribution in [2.75, 3.05) is 6.54 Å². The Morgan fingerprint density at radius 2 is 2.11 bits per heavy atom. The zero-order chi connectivity index (χ0) is 14.6. The van der Waals surface area contributed by atoms with Crippen LogP contribution < -0.4 is 5.32 Å². The summed E-state index contributed by atoms with van der Waals surface area (Å²) in [7, 11) is 0. The Labute approximate surface area is 117 Å². The molecule has 0 aliphatic heterocycles. The van der Waals surface area contributed by atoms with Crippen LogP contribution in [0.5, 0.6) is 0 Å². The summed E-state index contributed by atoms with van der Waals surface area (Å²) in [6, 6.07) is 1.74. The van der Waals surface area contributed by atoms with E-state index in [2.05, 4.69) is 10.3 Å². The molecule has 0 aliphatic carbocycles. The highest BCUT2D eigenvalue weighted by atomic mass is 35.5. The lowest BCUT2D eigenvalue weighted by molar-refractivity contribution is -0.128.